The Morgan fingerprint density at radius 3 is 1.71 bits per heavy atom. The Morgan fingerprint density at radius 2 is 1.43 bits per heavy atom. The number of aromatic nitrogens is 2. The third-order valence-corrected chi connectivity index (χ3v) is 4.71. The highest BCUT2D eigenvalue weighted by atomic mass is 32.1. The number of aliphatic imine (C=N–C) groups is 1. The molecule has 21 heavy (non-hydrogen) atoms. The van der Waals surface area contributed by atoms with Gasteiger partial charge in [-0.15, -0.1) is 0 Å². The van der Waals surface area contributed by atoms with Gasteiger partial charge in [0, 0.05) is 40.7 Å². The van der Waals surface area contributed by atoms with Crippen LogP contribution in [0.15, 0.2) is 4.99 Å². The fourth-order valence-corrected chi connectivity index (χ4v) is 2.93. The van der Waals surface area contributed by atoms with Crippen LogP contribution in [-0.2, 0) is 0 Å². The summed E-state index contributed by atoms with van der Waals surface area (Å²) in [6.07, 6.45) is 0. The van der Waals surface area contributed by atoms with E-state index in [2.05, 4.69) is 41.4 Å². The van der Waals surface area contributed by atoms with Crippen molar-refractivity contribution in [1.29, 1.82) is 0 Å². The summed E-state index contributed by atoms with van der Waals surface area (Å²) in [5.41, 5.74) is 3.56. The second kappa shape index (κ2) is 7.66. The molecule has 6 heteroatoms. The van der Waals surface area contributed by atoms with Crippen LogP contribution >= 0.6 is 23.1 Å². The maximum absolute atomic E-state index is 4.30. The second-order valence-electron chi connectivity index (χ2n) is 5.33. The van der Waals surface area contributed by atoms with Gasteiger partial charge in [0.1, 0.15) is 5.82 Å². The van der Waals surface area contributed by atoms with Gasteiger partial charge in [-0.2, -0.15) is 8.75 Å². The molecular weight excluding hydrogens is 300 g/mol. The zero-order chi connectivity index (χ0) is 16.2. The van der Waals surface area contributed by atoms with E-state index < -0.39 is 0 Å². The largest absolute Gasteiger partial charge is 0.362 e. The quantitative estimate of drug-likeness (QED) is 0.752. The van der Waals surface area contributed by atoms with Crippen molar-refractivity contribution in [2.45, 2.75) is 41.5 Å². The van der Waals surface area contributed by atoms with E-state index in [1.165, 1.54) is 32.4 Å². The molecule has 0 saturated heterocycles. The molecule has 0 aliphatic heterocycles. The van der Waals surface area contributed by atoms with Crippen LogP contribution in [0.3, 0.4) is 0 Å². The van der Waals surface area contributed by atoms with E-state index in [4.69, 9.17) is 0 Å². The predicted octanol–water partition coefficient (Wildman–Crippen LogP) is 4.70. The minimum Gasteiger partial charge on any atom is -0.362 e. The number of anilines is 1. The van der Waals surface area contributed by atoms with Crippen molar-refractivity contribution in [2.24, 2.45) is 4.99 Å². The van der Waals surface area contributed by atoms with Gasteiger partial charge in [0.05, 0.1) is 0 Å². The Morgan fingerprint density at radius 1 is 0.905 bits per heavy atom. The molecule has 0 fully saturated rings. The standard InChI is InChI=1S/C8H12N2S.C7H12N2S/c1-5(2)9-8-6(3)7(4)11-10-8;1-5-6(2)10-8-7(5)9(3)4/h1-4H3;1-4H3. The Hall–Kier alpha value is -1.27. The zero-order valence-corrected chi connectivity index (χ0v) is 15.7. The number of hydrogen-bond donors (Lipinski definition) is 0. The van der Waals surface area contributed by atoms with Crippen molar-refractivity contribution >= 4 is 40.4 Å². The van der Waals surface area contributed by atoms with Gasteiger partial charge < -0.3 is 4.90 Å². The zero-order valence-electron chi connectivity index (χ0n) is 14.1. The van der Waals surface area contributed by atoms with Crippen LogP contribution in [0.1, 0.15) is 34.7 Å². The van der Waals surface area contributed by atoms with Crippen molar-refractivity contribution in [1.82, 2.24) is 8.75 Å². The van der Waals surface area contributed by atoms with Gasteiger partial charge in [-0.3, -0.25) is 0 Å². The minimum absolute atomic E-state index is 0.882. The molecular formula is C15H24N4S2. The molecule has 0 aliphatic carbocycles. The molecule has 0 saturated carbocycles. The molecule has 0 aliphatic rings. The summed E-state index contributed by atoms with van der Waals surface area (Å²) < 4.78 is 8.49. The summed E-state index contributed by atoms with van der Waals surface area (Å²) in [4.78, 5) is 8.90. The van der Waals surface area contributed by atoms with Crippen LogP contribution in [0.4, 0.5) is 11.6 Å². The van der Waals surface area contributed by atoms with E-state index in [1.54, 1.807) is 11.5 Å². The lowest BCUT2D eigenvalue weighted by Gasteiger charge is -2.08. The Kier molecular flexibility index (Phi) is 6.48. The van der Waals surface area contributed by atoms with Crippen molar-refractivity contribution in [3.63, 3.8) is 0 Å². The van der Waals surface area contributed by atoms with E-state index in [9.17, 15) is 0 Å². The maximum atomic E-state index is 4.30. The van der Waals surface area contributed by atoms with Gasteiger partial charge >= 0.3 is 0 Å². The van der Waals surface area contributed by atoms with E-state index in [1.807, 2.05) is 32.8 Å². The monoisotopic (exact) mass is 324 g/mol. The van der Waals surface area contributed by atoms with E-state index in [0.717, 1.165) is 17.3 Å². The van der Waals surface area contributed by atoms with Crippen LogP contribution < -0.4 is 4.90 Å². The van der Waals surface area contributed by atoms with Gasteiger partial charge in [0.15, 0.2) is 5.82 Å². The van der Waals surface area contributed by atoms with Crippen molar-refractivity contribution in [2.75, 3.05) is 19.0 Å². The molecule has 0 radical (unpaired) electrons. The van der Waals surface area contributed by atoms with Gasteiger partial charge in [0.25, 0.3) is 0 Å². The summed E-state index contributed by atoms with van der Waals surface area (Å²) in [7, 11) is 4.03. The summed E-state index contributed by atoms with van der Waals surface area (Å²) in [5, 5.41) is 0. The first-order valence-electron chi connectivity index (χ1n) is 6.79. The molecule has 0 N–H and O–H groups in total. The van der Waals surface area contributed by atoms with Crippen molar-refractivity contribution < 1.29 is 0 Å². The highest BCUT2D eigenvalue weighted by Crippen LogP contribution is 2.23. The number of rotatable bonds is 2. The average molecular weight is 325 g/mol. The van der Waals surface area contributed by atoms with E-state index in [-0.39, 0.29) is 0 Å². The third-order valence-electron chi connectivity index (χ3n) is 3.02. The van der Waals surface area contributed by atoms with E-state index >= 15 is 0 Å². The van der Waals surface area contributed by atoms with Crippen molar-refractivity contribution in [3.05, 3.63) is 20.9 Å². The van der Waals surface area contributed by atoms with Crippen LogP contribution in [0, 0.1) is 27.7 Å². The Balaban J connectivity index is 0.000000211. The molecule has 4 nitrogen and oxygen atoms in total. The molecule has 0 spiro atoms. The topological polar surface area (TPSA) is 41.4 Å². The molecule has 0 atom stereocenters. The van der Waals surface area contributed by atoms with Crippen molar-refractivity contribution in [3.8, 4) is 0 Å². The molecule has 2 heterocycles. The molecule has 0 bridgehead atoms. The molecule has 0 unspecified atom stereocenters. The first kappa shape index (κ1) is 17.8. The fourth-order valence-electron chi connectivity index (χ4n) is 1.55. The second-order valence-corrected chi connectivity index (χ2v) is 7.28. The molecule has 2 rings (SSSR count). The lowest BCUT2D eigenvalue weighted by atomic mass is 10.3. The number of aryl methyl sites for hydroxylation is 2. The molecule has 0 amide bonds. The Labute approximate surface area is 135 Å². The molecule has 116 valence electrons. The maximum Gasteiger partial charge on any atom is 0.168 e. The minimum atomic E-state index is 0.882. The first-order chi connectivity index (χ1) is 9.73. The van der Waals surface area contributed by atoms with Gasteiger partial charge in [-0.05, 0) is 64.6 Å². The molecule has 0 aromatic carbocycles. The SMILES string of the molecule is CC(C)=Nc1nsc(C)c1C.Cc1snc(N(C)C)c1C. The van der Waals surface area contributed by atoms with Crippen LogP contribution in [0.2, 0.25) is 0 Å². The summed E-state index contributed by atoms with van der Waals surface area (Å²) in [6.45, 7) is 12.3. The fraction of sp³-hybridized carbons (Fsp3) is 0.533. The summed E-state index contributed by atoms with van der Waals surface area (Å²) in [6, 6.07) is 0. The summed E-state index contributed by atoms with van der Waals surface area (Å²) >= 11 is 3.08. The van der Waals surface area contributed by atoms with Gasteiger partial charge in [0.2, 0.25) is 0 Å². The van der Waals surface area contributed by atoms with Gasteiger partial charge in [-0.25, -0.2) is 4.99 Å². The predicted molar refractivity (Wildman–Crippen MR) is 95.9 cm³/mol. The lowest BCUT2D eigenvalue weighted by molar-refractivity contribution is 1.08. The van der Waals surface area contributed by atoms with Crippen LogP contribution in [0.5, 0.6) is 0 Å². The third kappa shape index (κ3) is 4.89. The molecule has 2 aromatic heterocycles. The van der Waals surface area contributed by atoms with Gasteiger partial charge in [-0.1, -0.05) is 0 Å². The number of hydrogen-bond acceptors (Lipinski definition) is 6. The van der Waals surface area contributed by atoms with Crippen LogP contribution in [-0.4, -0.2) is 28.6 Å². The van der Waals surface area contributed by atoms with Crippen LogP contribution in [0.25, 0.3) is 0 Å². The highest BCUT2D eigenvalue weighted by molar-refractivity contribution is 7.06. The first-order valence-corrected chi connectivity index (χ1v) is 8.33. The summed E-state index contributed by atoms with van der Waals surface area (Å²) in [5.74, 6) is 1.98. The highest BCUT2D eigenvalue weighted by Gasteiger charge is 2.06. The molecule has 2 aromatic rings. The average Bonchev–Trinajstić information content (AvgIpc) is 2.88. The normalized spacial score (nSPS) is 9.90. The Bertz CT molecular complexity index is 620. The van der Waals surface area contributed by atoms with E-state index in [0.29, 0.717) is 0 Å². The lowest BCUT2D eigenvalue weighted by Crippen LogP contribution is -2.09. The number of nitrogens with zero attached hydrogens (tertiary/aromatic N) is 4. The smallest absolute Gasteiger partial charge is 0.168 e.